The van der Waals surface area contributed by atoms with E-state index in [0.717, 1.165) is 30.0 Å². The molecule has 1 heterocycles. The zero-order valence-corrected chi connectivity index (χ0v) is 17.8. The summed E-state index contributed by atoms with van der Waals surface area (Å²) < 4.78 is 0. The largest absolute Gasteiger partial charge is 0.372 e. The lowest BCUT2D eigenvalue weighted by molar-refractivity contribution is -0.114. The van der Waals surface area contributed by atoms with Gasteiger partial charge in [0.05, 0.1) is 11.5 Å². The maximum Gasteiger partial charge on any atom is 0.234 e. The molecule has 1 fully saturated rings. The Labute approximate surface area is 177 Å². The molecule has 1 aliphatic heterocycles. The Morgan fingerprint density at radius 1 is 0.793 bits per heavy atom. The highest BCUT2D eigenvalue weighted by molar-refractivity contribution is 8.00. The summed E-state index contributed by atoms with van der Waals surface area (Å²) in [5.41, 5.74) is 3.92. The van der Waals surface area contributed by atoms with Crippen LogP contribution in [0, 0.1) is 6.92 Å². The van der Waals surface area contributed by atoms with Gasteiger partial charge in [0.2, 0.25) is 11.8 Å². The maximum absolute atomic E-state index is 12.1. The first-order valence-electron chi connectivity index (χ1n) is 10.2. The number of amides is 2. The van der Waals surface area contributed by atoms with Gasteiger partial charge in [-0.15, -0.1) is 11.8 Å². The van der Waals surface area contributed by atoms with Gasteiger partial charge in [0.15, 0.2) is 0 Å². The van der Waals surface area contributed by atoms with Gasteiger partial charge in [-0.25, -0.2) is 0 Å². The van der Waals surface area contributed by atoms with Crippen molar-refractivity contribution >= 4 is 40.6 Å². The van der Waals surface area contributed by atoms with Crippen LogP contribution in [0.1, 0.15) is 31.2 Å². The van der Waals surface area contributed by atoms with E-state index in [1.165, 1.54) is 43.1 Å². The number of thioether (sulfide) groups is 1. The van der Waals surface area contributed by atoms with E-state index in [2.05, 4.69) is 27.7 Å². The molecule has 2 aromatic rings. The Morgan fingerprint density at radius 2 is 1.28 bits per heavy atom. The van der Waals surface area contributed by atoms with Crippen LogP contribution < -0.4 is 15.5 Å². The van der Waals surface area contributed by atoms with Crippen LogP contribution >= 0.6 is 11.8 Å². The normalized spacial score (nSPS) is 14.2. The number of carbonyl (C=O) groups excluding carboxylic acids is 2. The molecule has 0 saturated carbocycles. The third-order valence-corrected chi connectivity index (χ3v) is 5.86. The highest BCUT2D eigenvalue weighted by Gasteiger charge is 2.10. The van der Waals surface area contributed by atoms with E-state index in [4.69, 9.17) is 0 Å². The Morgan fingerprint density at radius 3 is 1.79 bits per heavy atom. The number of carbonyl (C=O) groups is 2. The molecule has 29 heavy (non-hydrogen) atoms. The predicted molar refractivity (Wildman–Crippen MR) is 123 cm³/mol. The lowest BCUT2D eigenvalue weighted by atomic mass is 10.2. The summed E-state index contributed by atoms with van der Waals surface area (Å²) in [5, 5.41) is 5.74. The summed E-state index contributed by atoms with van der Waals surface area (Å²) in [7, 11) is 0. The molecular formula is C23H29N3O2S. The molecule has 0 unspecified atom stereocenters. The van der Waals surface area contributed by atoms with Crippen LogP contribution in [0.4, 0.5) is 17.1 Å². The molecule has 2 aromatic carbocycles. The number of aryl methyl sites for hydroxylation is 1. The third kappa shape index (κ3) is 7.13. The number of benzene rings is 2. The Hall–Kier alpha value is -2.47. The molecule has 0 aromatic heterocycles. The minimum atomic E-state index is -0.103. The van der Waals surface area contributed by atoms with E-state index in [-0.39, 0.29) is 23.3 Å². The Bertz CT molecular complexity index is 798. The third-order valence-electron chi connectivity index (χ3n) is 4.92. The lowest BCUT2D eigenvalue weighted by Crippen LogP contribution is -2.23. The number of hydrogen-bond donors (Lipinski definition) is 2. The monoisotopic (exact) mass is 411 g/mol. The highest BCUT2D eigenvalue weighted by atomic mass is 32.2. The van der Waals surface area contributed by atoms with Crippen LogP contribution in [0.3, 0.4) is 0 Å². The van der Waals surface area contributed by atoms with Gasteiger partial charge in [0.25, 0.3) is 0 Å². The van der Waals surface area contributed by atoms with Crippen molar-refractivity contribution in [3.63, 3.8) is 0 Å². The quantitative estimate of drug-likeness (QED) is 0.694. The second-order valence-electron chi connectivity index (χ2n) is 7.40. The molecule has 0 radical (unpaired) electrons. The molecule has 6 heteroatoms. The molecule has 0 aliphatic carbocycles. The van der Waals surface area contributed by atoms with E-state index in [0.29, 0.717) is 0 Å². The van der Waals surface area contributed by atoms with Gasteiger partial charge in [0.1, 0.15) is 0 Å². The molecular weight excluding hydrogens is 382 g/mol. The summed E-state index contributed by atoms with van der Waals surface area (Å²) in [6, 6.07) is 15.7. The van der Waals surface area contributed by atoms with E-state index in [1.54, 1.807) is 0 Å². The van der Waals surface area contributed by atoms with E-state index >= 15 is 0 Å². The van der Waals surface area contributed by atoms with Crippen molar-refractivity contribution in [2.45, 2.75) is 32.6 Å². The first kappa shape index (κ1) is 21.2. The van der Waals surface area contributed by atoms with E-state index < -0.39 is 0 Å². The zero-order valence-electron chi connectivity index (χ0n) is 16.9. The minimum absolute atomic E-state index is 0.0966. The van der Waals surface area contributed by atoms with Gasteiger partial charge in [-0.3, -0.25) is 9.59 Å². The van der Waals surface area contributed by atoms with Crippen LogP contribution in [0.2, 0.25) is 0 Å². The molecule has 0 atom stereocenters. The van der Waals surface area contributed by atoms with Gasteiger partial charge in [0, 0.05) is 30.2 Å². The average molecular weight is 412 g/mol. The van der Waals surface area contributed by atoms with Gasteiger partial charge in [-0.2, -0.15) is 0 Å². The van der Waals surface area contributed by atoms with Gasteiger partial charge in [-0.05, 0) is 56.2 Å². The minimum Gasteiger partial charge on any atom is -0.372 e. The van der Waals surface area contributed by atoms with E-state index in [1.807, 2.05) is 43.3 Å². The number of anilines is 3. The summed E-state index contributed by atoms with van der Waals surface area (Å²) >= 11 is 1.31. The van der Waals surface area contributed by atoms with Crippen molar-refractivity contribution < 1.29 is 9.59 Å². The zero-order chi connectivity index (χ0) is 20.5. The highest BCUT2D eigenvalue weighted by Crippen LogP contribution is 2.21. The summed E-state index contributed by atoms with van der Waals surface area (Å²) in [4.78, 5) is 26.5. The smallest absolute Gasteiger partial charge is 0.234 e. The topological polar surface area (TPSA) is 61.4 Å². The summed E-state index contributed by atoms with van der Waals surface area (Å²) in [6.45, 7) is 4.21. The van der Waals surface area contributed by atoms with Crippen molar-refractivity contribution in [2.75, 3.05) is 40.1 Å². The summed E-state index contributed by atoms with van der Waals surface area (Å²) in [5.74, 6) is 0.291. The molecule has 154 valence electrons. The molecule has 2 amide bonds. The van der Waals surface area contributed by atoms with Crippen LogP contribution in [-0.4, -0.2) is 36.4 Å². The fraction of sp³-hybridized carbons (Fsp3) is 0.391. The average Bonchev–Trinajstić information content (AvgIpc) is 3.00. The molecule has 5 nitrogen and oxygen atoms in total. The van der Waals surface area contributed by atoms with Crippen LogP contribution in [-0.2, 0) is 9.59 Å². The fourth-order valence-electron chi connectivity index (χ4n) is 3.35. The van der Waals surface area contributed by atoms with E-state index in [9.17, 15) is 9.59 Å². The van der Waals surface area contributed by atoms with Crippen molar-refractivity contribution in [2.24, 2.45) is 0 Å². The Kier molecular flexibility index (Phi) is 7.99. The lowest BCUT2D eigenvalue weighted by Gasteiger charge is -2.22. The molecule has 1 saturated heterocycles. The van der Waals surface area contributed by atoms with Crippen molar-refractivity contribution in [1.29, 1.82) is 0 Å². The SMILES string of the molecule is Cc1ccc(NC(=O)CSCC(=O)Nc2ccc(N3CCCCCC3)cc2)cc1. The first-order chi connectivity index (χ1) is 14.1. The van der Waals surface area contributed by atoms with Crippen LogP contribution in [0.25, 0.3) is 0 Å². The van der Waals surface area contributed by atoms with Crippen molar-refractivity contribution in [3.8, 4) is 0 Å². The molecule has 2 N–H and O–H groups in total. The van der Waals surface area contributed by atoms with Crippen molar-refractivity contribution in [3.05, 3.63) is 54.1 Å². The van der Waals surface area contributed by atoms with Gasteiger partial charge in [-0.1, -0.05) is 30.5 Å². The van der Waals surface area contributed by atoms with Crippen LogP contribution in [0.15, 0.2) is 48.5 Å². The predicted octanol–water partition coefficient (Wildman–Crippen LogP) is 4.69. The van der Waals surface area contributed by atoms with Crippen LogP contribution in [0.5, 0.6) is 0 Å². The number of nitrogens with zero attached hydrogens (tertiary/aromatic N) is 1. The van der Waals surface area contributed by atoms with Crippen molar-refractivity contribution in [1.82, 2.24) is 0 Å². The second-order valence-corrected chi connectivity index (χ2v) is 8.39. The molecule has 0 bridgehead atoms. The maximum atomic E-state index is 12.1. The number of nitrogens with one attached hydrogen (secondary N) is 2. The summed E-state index contributed by atoms with van der Waals surface area (Å²) in [6.07, 6.45) is 5.11. The molecule has 3 rings (SSSR count). The molecule has 0 spiro atoms. The van der Waals surface area contributed by atoms with Gasteiger partial charge < -0.3 is 15.5 Å². The number of rotatable bonds is 7. The Balaban J connectivity index is 1.38. The molecule has 1 aliphatic rings. The first-order valence-corrected chi connectivity index (χ1v) is 11.3. The van der Waals surface area contributed by atoms with Gasteiger partial charge >= 0.3 is 0 Å². The fourth-order valence-corrected chi connectivity index (χ4v) is 3.97. The second kappa shape index (κ2) is 10.9. The standard InChI is InChI=1S/C23H29N3O2S/c1-18-6-8-19(9-7-18)24-22(27)16-29-17-23(28)25-20-10-12-21(13-11-20)26-14-4-2-3-5-15-26/h6-13H,2-5,14-17H2,1H3,(H,24,27)(H,25,28). The number of hydrogen-bond acceptors (Lipinski definition) is 4.